The molecule has 5 heteroatoms. The summed E-state index contributed by atoms with van der Waals surface area (Å²) in [6.07, 6.45) is 5.60. The van der Waals surface area contributed by atoms with E-state index in [1.54, 1.807) is 23.0 Å². The fraction of sp³-hybridized carbons (Fsp3) is 0.267. The van der Waals surface area contributed by atoms with E-state index in [4.69, 9.17) is 0 Å². The highest BCUT2D eigenvalue weighted by molar-refractivity contribution is 9.10. The molecule has 20 heavy (non-hydrogen) atoms. The molecule has 1 aliphatic rings. The summed E-state index contributed by atoms with van der Waals surface area (Å²) >= 11 is 3.37. The van der Waals surface area contributed by atoms with E-state index >= 15 is 0 Å². The average Bonchev–Trinajstić information content (AvgIpc) is 2.42. The van der Waals surface area contributed by atoms with Gasteiger partial charge in [-0.25, -0.2) is 0 Å². The Kier molecular flexibility index (Phi) is 3.53. The van der Waals surface area contributed by atoms with Gasteiger partial charge in [-0.3, -0.25) is 14.6 Å². The molecule has 2 heterocycles. The molecule has 2 aromatic heterocycles. The van der Waals surface area contributed by atoms with Gasteiger partial charge in [0, 0.05) is 40.6 Å². The zero-order valence-electron chi connectivity index (χ0n) is 10.8. The zero-order chi connectivity index (χ0) is 14.1. The number of fused-ring (bicyclic) bond motifs is 1. The van der Waals surface area contributed by atoms with E-state index in [2.05, 4.69) is 20.9 Å². The molecule has 0 bridgehead atoms. The van der Waals surface area contributed by atoms with Crippen LogP contribution in [-0.4, -0.2) is 15.3 Å². The minimum absolute atomic E-state index is 0.0709. The molecule has 2 aromatic rings. The summed E-state index contributed by atoms with van der Waals surface area (Å²) in [6, 6.07) is 5.08. The van der Waals surface area contributed by atoms with Crippen molar-refractivity contribution >= 4 is 21.7 Å². The highest BCUT2D eigenvalue weighted by Gasteiger charge is 2.20. The molecule has 0 unspecified atom stereocenters. The third kappa shape index (κ3) is 2.45. The van der Waals surface area contributed by atoms with Crippen LogP contribution >= 0.6 is 15.9 Å². The number of carbonyl (C=O) groups is 1. The van der Waals surface area contributed by atoms with Gasteiger partial charge in [0.1, 0.15) is 0 Å². The Balaban J connectivity index is 2.07. The van der Waals surface area contributed by atoms with Gasteiger partial charge < -0.3 is 4.57 Å². The largest absolute Gasteiger partial charge is 0.307 e. The van der Waals surface area contributed by atoms with E-state index in [1.807, 2.05) is 6.07 Å². The van der Waals surface area contributed by atoms with Crippen molar-refractivity contribution in [1.29, 1.82) is 0 Å². The predicted molar refractivity (Wildman–Crippen MR) is 79.0 cm³/mol. The Morgan fingerprint density at radius 3 is 2.85 bits per heavy atom. The molecule has 0 saturated heterocycles. The lowest BCUT2D eigenvalue weighted by molar-refractivity contribution is 0.0970. The van der Waals surface area contributed by atoms with Crippen LogP contribution in [-0.2, 0) is 13.0 Å². The maximum Gasteiger partial charge on any atom is 0.251 e. The SMILES string of the molecule is O=C1CCCc2c1ccc(=O)n2Cc1cncc(Br)c1. The van der Waals surface area contributed by atoms with Crippen LogP contribution < -0.4 is 5.56 Å². The van der Waals surface area contributed by atoms with Crippen molar-refractivity contribution in [3.63, 3.8) is 0 Å². The maximum absolute atomic E-state index is 12.1. The quantitative estimate of drug-likeness (QED) is 0.849. The normalized spacial score (nSPS) is 14.2. The molecule has 0 aliphatic heterocycles. The van der Waals surface area contributed by atoms with E-state index in [9.17, 15) is 9.59 Å². The summed E-state index contributed by atoms with van der Waals surface area (Å²) in [5, 5.41) is 0. The summed E-state index contributed by atoms with van der Waals surface area (Å²) in [5.74, 6) is 0.132. The van der Waals surface area contributed by atoms with Gasteiger partial charge in [0.05, 0.1) is 6.54 Å². The van der Waals surface area contributed by atoms with E-state index in [-0.39, 0.29) is 11.3 Å². The Labute approximate surface area is 124 Å². The second-order valence-electron chi connectivity index (χ2n) is 4.91. The summed E-state index contributed by atoms with van der Waals surface area (Å²) in [4.78, 5) is 28.1. The third-order valence-corrected chi connectivity index (χ3v) is 3.95. The Morgan fingerprint density at radius 1 is 1.20 bits per heavy atom. The minimum atomic E-state index is -0.0709. The fourth-order valence-corrected chi connectivity index (χ4v) is 3.00. The third-order valence-electron chi connectivity index (χ3n) is 3.52. The van der Waals surface area contributed by atoms with Gasteiger partial charge in [-0.15, -0.1) is 0 Å². The van der Waals surface area contributed by atoms with Crippen molar-refractivity contribution in [2.45, 2.75) is 25.8 Å². The van der Waals surface area contributed by atoms with Crippen LogP contribution in [0.25, 0.3) is 0 Å². The van der Waals surface area contributed by atoms with Gasteiger partial charge in [0.25, 0.3) is 5.56 Å². The molecular weight excluding hydrogens is 320 g/mol. The monoisotopic (exact) mass is 332 g/mol. The van der Waals surface area contributed by atoms with Gasteiger partial charge in [0.15, 0.2) is 5.78 Å². The highest BCUT2D eigenvalue weighted by atomic mass is 79.9. The van der Waals surface area contributed by atoms with Crippen LogP contribution in [0.1, 0.15) is 34.5 Å². The number of Topliss-reactive ketones (excluding diaryl/α,β-unsaturated/α-hetero) is 1. The van der Waals surface area contributed by atoms with Crippen molar-refractivity contribution in [3.05, 3.63) is 62.2 Å². The Bertz CT molecular complexity index is 737. The van der Waals surface area contributed by atoms with Crippen LogP contribution in [0.3, 0.4) is 0 Å². The maximum atomic E-state index is 12.1. The molecular formula is C15H13BrN2O2. The molecule has 0 aromatic carbocycles. The van der Waals surface area contributed by atoms with Crippen LogP contribution in [0.5, 0.6) is 0 Å². The first-order valence-electron chi connectivity index (χ1n) is 6.50. The van der Waals surface area contributed by atoms with E-state index in [0.717, 1.165) is 28.6 Å². The van der Waals surface area contributed by atoms with E-state index in [1.165, 1.54) is 6.07 Å². The smallest absolute Gasteiger partial charge is 0.251 e. The Morgan fingerprint density at radius 2 is 2.05 bits per heavy atom. The van der Waals surface area contributed by atoms with Crippen LogP contribution in [0.15, 0.2) is 39.9 Å². The molecule has 0 fully saturated rings. The second kappa shape index (κ2) is 5.32. The van der Waals surface area contributed by atoms with Crippen LogP contribution in [0.4, 0.5) is 0 Å². The first-order valence-corrected chi connectivity index (χ1v) is 7.30. The molecule has 3 rings (SSSR count). The number of aromatic nitrogens is 2. The lowest BCUT2D eigenvalue weighted by Crippen LogP contribution is -2.28. The minimum Gasteiger partial charge on any atom is -0.307 e. The van der Waals surface area contributed by atoms with Gasteiger partial charge >= 0.3 is 0 Å². The molecule has 0 spiro atoms. The summed E-state index contributed by atoms with van der Waals surface area (Å²) in [7, 11) is 0. The number of ketones is 1. The summed E-state index contributed by atoms with van der Waals surface area (Å²) in [5.41, 5.74) is 2.42. The number of rotatable bonds is 2. The van der Waals surface area contributed by atoms with Gasteiger partial charge in [-0.1, -0.05) is 0 Å². The van der Waals surface area contributed by atoms with Gasteiger partial charge in [-0.2, -0.15) is 0 Å². The van der Waals surface area contributed by atoms with Crippen molar-refractivity contribution in [1.82, 2.24) is 9.55 Å². The number of halogens is 1. The fourth-order valence-electron chi connectivity index (χ4n) is 2.59. The first kappa shape index (κ1) is 13.2. The van der Waals surface area contributed by atoms with Gasteiger partial charge in [0.2, 0.25) is 0 Å². The number of nitrogens with zero attached hydrogens (tertiary/aromatic N) is 2. The molecule has 0 saturated carbocycles. The topological polar surface area (TPSA) is 52.0 Å². The van der Waals surface area contributed by atoms with Crippen LogP contribution in [0.2, 0.25) is 0 Å². The number of carbonyl (C=O) groups excluding carboxylic acids is 1. The van der Waals surface area contributed by atoms with Crippen molar-refractivity contribution in [3.8, 4) is 0 Å². The Hall–Kier alpha value is -1.75. The zero-order valence-corrected chi connectivity index (χ0v) is 12.4. The first-order chi connectivity index (χ1) is 9.65. The second-order valence-corrected chi connectivity index (χ2v) is 5.82. The average molecular weight is 333 g/mol. The number of hydrogen-bond acceptors (Lipinski definition) is 3. The molecule has 0 N–H and O–H groups in total. The highest BCUT2D eigenvalue weighted by Crippen LogP contribution is 2.20. The van der Waals surface area contributed by atoms with Crippen molar-refractivity contribution in [2.75, 3.05) is 0 Å². The molecule has 0 atom stereocenters. The number of pyridine rings is 2. The molecule has 4 nitrogen and oxygen atoms in total. The van der Waals surface area contributed by atoms with Gasteiger partial charge in [-0.05, 0) is 46.5 Å². The van der Waals surface area contributed by atoms with Crippen LogP contribution in [0, 0.1) is 0 Å². The molecule has 102 valence electrons. The van der Waals surface area contributed by atoms with E-state index < -0.39 is 0 Å². The number of hydrogen-bond donors (Lipinski definition) is 0. The lowest BCUT2D eigenvalue weighted by Gasteiger charge is -2.20. The lowest BCUT2D eigenvalue weighted by atomic mass is 9.94. The van der Waals surface area contributed by atoms with E-state index in [0.29, 0.717) is 18.5 Å². The molecule has 0 amide bonds. The summed E-state index contributed by atoms with van der Waals surface area (Å²) in [6.45, 7) is 0.446. The predicted octanol–water partition coefficient (Wildman–Crippen LogP) is 2.57. The molecule has 0 radical (unpaired) electrons. The molecule has 1 aliphatic carbocycles. The summed E-state index contributed by atoms with van der Waals surface area (Å²) < 4.78 is 2.57. The van der Waals surface area contributed by atoms with Crippen molar-refractivity contribution < 1.29 is 4.79 Å². The standard InChI is InChI=1S/C15H13BrN2O2/c16-11-6-10(7-17-8-11)9-18-13-2-1-3-14(19)12(13)4-5-15(18)20/h4-8H,1-3,9H2. The van der Waals surface area contributed by atoms with Crippen molar-refractivity contribution in [2.24, 2.45) is 0 Å².